The molecule has 0 bridgehead atoms. The van der Waals surface area contributed by atoms with Crippen LogP contribution in [0.4, 0.5) is 11.4 Å². The van der Waals surface area contributed by atoms with E-state index in [1.54, 1.807) is 6.08 Å². The first-order valence-electron chi connectivity index (χ1n) is 6.16. The van der Waals surface area contributed by atoms with E-state index in [-0.39, 0.29) is 5.91 Å². The Labute approximate surface area is 107 Å². The summed E-state index contributed by atoms with van der Waals surface area (Å²) in [5, 5.41) is 2.80. The summed E-state index contributed by atoms with van der Waals surface area (Å²) < 4.78 is 5.32. The molecule has 0 atom stereocenters. The number of allylic oxidation sites excluding steroid dienone is 1. The Morgan fingerprint density at radius 2 is 1.94 bits per heavy atom. The fourth-order valence-electron chi connectivity index (χ4n) is 1.91. The van der Waals surface area contributed by atoms with Crippen molar-refractivity contribution in [1.82, 2.24) is 0 Å². The molecule has 4 heteroatoms. The largest absolute Gasteiger partial charge is 0.378 e. The van der Waals surface area contributed by atoms with Gasteiger partial charge in [0.05, 0.1) is 13.2 Å². The van der Waals surface area contributed by atoms with Crippen LogP contribution in [0.5, 0.6) is 0 Å². The lowest BCUT2D eigenvalue weighted by molar-refractivity contribution is -0.111. The number of nitrogens with one attached hydrogen (secondary N) is 1. The fraction of sp³-hybridized carbons (Fsp3) is 0.357. The van der Waals surface area contributed by atoms with Crippen molar-refractivity contribution in [3.8, 4) is 0 Å². The van der Waals surface area contributed by atoms with E-state index in [0.29, 0.717) is 0 Å². The number of ether oxygens (including phenoxy) is 1. The van der Waals surface area contributed by atoms with Gasteiger partial charge in [-0.05, 0) is 37.3 Å². The lowest BCUT2D eigenvalue weighted by Crippen LogP contribution is -2.36. The van der Waals surface area contributed by atoms with Gasteiger partial charge in [0.25, 0.3) is 0 Å². The Kier molecular flexibility index (Phi) is 4.36. The summed E-state index contributed by atoms with van der Waals surface area (Å²) in [7, 11) is 0. The van der Waals surface area contributed by atoms with Crippen LogP contribution in [0, 0.1) is 0 Å². The molecule has 1 aromatic carbocycles. The summed E-state index contributed by atoms with van der Waals surface area (Å²) in [6.07, 6.45) is 3.23. The zero-order chi connectivity index (χ0) is 12.8. The van der Waals surface area contributed by atoms with Crippen LogP contribution in [0.1, 0.15) is 6.92 Å². The number of morpholine rings is 1. The molecule has 0 spiro atoms. The third-order valence-electron chi connectivity index (χ3n) is 2.83. The number of carbonyl (C=O) groups is 1. The van der Waals surface area contributed by atoms with Crippen LogP contribution in [0.25, 0.3) is 0 Å². The Hall–Kier alpha value is -1.81. The minimum Gasteiger partial charge on any atom is -0.378 e. The van der Waals surface area contributed by atoms with Gasteiger partial charge in [-0.3, -0.25) is 4.79 Å². The molecule has 0 radical (unpaired) electrons. The van der Waals surface area contributed by atoms with Crippen molar-refractivity contribution in [3.63, 3.8) is 0 Å². The maximum atomic E-state index is 11.4. The molecule has 1 heterocycles. The first-order valence-corrected chi connectivity index (χ1v) is 6.16. The van der Waals surface area contributed by atoms with Crippen molar-refractivity contribution in [3.05, 3.63) is 36.4 Å². The maximum Gasteiger partial charge on any atom is 0.248 e. The van der Waals surface area contributed by atoms with Gasteiger partial charge in [-0.25, -0.2) is 0 Å². The monoisotopic (exact) mass is 246 g/mol. The molecule has 96 valence electrons. The number of hydrogen-bond donors (Lipinski definition) is 1. The number of amides is 1. The van der Waals surface area contributed by atoms with Gasteiger partial charge in [-0.1, -0.05) is 6.08 Å². The van der Waals surface area contributed by atoms with Crippen LogP contribution >= 0.6 is 0 Å². The van der Waals surface area contributed by atoms with E-state index in [9.17, 15) is 4.79 Å². The van der Waals surface area contributed by atoms with Gasteiger partial charge in [-0.2, -0.15) is 0 Å². The molecule has 1 saturated heterocycles. The second-order valence-electron chi connectivity index (χ2n) is 4.14. The van der Waals surface area contributed by atoms with E-state index in [1.807, 2.05) is 31.2 Å². The summed E-state index contributed by atoms with van der Waals surface area (Å²) >= 11 is 0. The van der Waals surface area contributed by atoms with Crippen molar-refractivity contribution < 1.29 is 9.53 Å². The smallest absolute Gasteiger partial charge is 0.248 e. The summed E-state index contributed by atoms with van der Waals surface area (Å²) in [5.41, 5.74) is 1.98. The van der Waals surface area contributed by atoms with Gasteiger partial charge in [0.2, 0.25) is 5.91 Å². The summed E-state index contributed by atoms with van der Waals surface area (Å²) in [5.74, 6) is -0.100. The molecule has 0 saturated carbocycles. The zero-order valence-corrected chi connectivity index (χ0v) is 10.6. The van der Waals surface area contributed by atoms with Gasteiger partial charge in [0.1, 0.15) is 0 Å². The summed E-state index contributed by atoms with van der Waals surface area (Å²) in [6.45, 7) is 5.22. The molecule has 1 aliphatic heterocycles. The van der Waals surface area contributed by atoms with Crippen LogP contribution < -0.4 is 10.2 Å². The number of rotatable bonds is 3. The fourth-order valence-corrected chi connectivity index (χ4v) is 1.91. The predicted molar refractivity (Wildman–Crippen MR) is 72.9 cm³/mol. The Morgan fingerprint density at radius 3 is 2.56 bits per heavy atom. The third kappa shape index (κ3) is 3.34. The lowest BCUT2D eigenvalue weighted by atomic mass is 10.2. The van der Waals surface area contributed by atoms with E-state index in [0.717, 1.165) is 32.0 Å². The number of nitrogens with zero attached hydrogens (tertiary/aromatic N) is 1. The van der Waals surface area contributed by atoms with Crippen LogP contribution in [-0.2, 0) is 9.53 Å². The summed E-state index contributed by atoms with van der Waals surface area (Å²) in [4.78, 5) is 13.7. The summed E-state index contributed by atoms with van der Waals surface area (Å²) in [6, 6.07) is 7.89. The topological polar surface area (TPSA) is 41.6 Å². The lowest BCUT2D eigenvalue weighted by Gasteiger charge is -2.28. The minimum absolute atomic E-state index is 0.100. The average Bonchev–Trinajstić information content (AvgIpc) is 2.41. The van der Waals surface area contributed by atoms with Gasteiger partial charge < -0.3 is 15.0 Å². The predicted octanol–water partition coefficient (Wildman–Crippen LogP) is 2.04. The van der Waals surface area contributed by atoms with E-state index in [4.69, 9.17) is 4.74 Å². The second-order valence-corrected chi connectivity index (χ2v) is 4.14. The second kappa shape index (κ2) is 6.21. The molecule has 18 heavy (non-hydrogen) atoms. The van der Waals surface area contributed by atoms with Crippen LogP contribution in [0.2, 0.25) is 0 Å². The van der Waals surface area contributed by atoms with Crippen LogP contribution in [0.15, 0.2) is 36.4 Å². The molecule has 4 nitrogen and oxygen atoms in total. The van der Waals surface area contributed by atoms with E-state index in [2.05, 4.69) is 10.2 Å². The average molecular weight is 246 g/mol. The zero-order valence-electron chi connectivity index (χ0n) is 10.6. The van der Waals surface area contributed by atoms with Gasteiger partial charge in [0, 0.05) is 24.5 Å². The maximum absolute atomic E-state index is 11.4. The Balaban J connectivity index is 1.98. The highest BCUT2D eigenvalue weighted by Crippen LogP contribution is 2.18. The standard InChI is InChI=1S/C14H18N2O2/c1-2-3-14(17)15-12-4-6-13(7-5-12)16-8-10-18-11-9-16/h2-7H,8-11H2,1H3,(H,15,17). The highest BCUT2D eigenvalue weighted by molar-refractivity contribution is 5.99. The van der Waals surface area contributed by atoms with Gasteiger partial charge in [0.15, 0.2) is 0 Å². The molecule has 1 aliphatic rings. The van der Waals surface area contributed by atoms with Crippen LogP contribution in [0.3, 0.4) is 0 Å². The number of hydrogen-bond acceptors (Lipinski definition) is 3. The van der Waals surface area contributed by atoms with Crippen LogP contribution in [-0.4, -0.2) is 32.2 Å². The van der Waals surface area contributed by atoms with Crippen molar-refractivity contribution >= 4 is 17.3 Å². The third-order valence-corrected chi connectivity index (χ3v) is 2.83. The Morgan fingerprint density at radius 1 is 1.28 bits per heavy atom. The van der Waals surface area contributed by atoms with Crippen molar-refractivity contribution in [2.75, 3.05) is 36.5 Å². The SMILES string of the molecule is CC=CC(=O)Nc1ccc(N2CCOCC2)cc1. The van der Waals surface area contributed by atoms with Gasteiger partial charge in [-0.15, -0.1) is 0 Å². The highest BCUT2D eigenvalue weighted by Gasteiger charge is 2.10. The van der Waals surface area contributed by atoms with Crippen molar-refractivity contribution in [2.24, 2.45) is 0 Å². The molecule has 1 amide bonds. The first-order chi connectivity index (χ1) is 8.79. The number of carbonyl (C=O) groups excluding carboxylic acids is 1. The molecule has 1 aromatic rings. The molecule has 1 N–H and O–H groups in total. The molecule has 0 aliphatic carbocycles. The van der Waals surface area contributed by atoms with Crippen molar-refractivity contribution in [1.29, 1.82) is 0 Å². The number of anilines is 2. The molecule has 1 fully saturated rings. The molecule has 0 aromatic heterocycles. The first kappa shape index (κ1) is 12.6. The van der Waals surface area contributed by atoms with E-state index < -0.39 is 0 Å². The van der Waals surface area contributed by atoms with Crippen molar-refractivity contribution in [2.45, 2.75) is 6.92 Å². The van der Waals surface area contributed by atoms with Gasteiger partial charge >= 0.3 is 0 Å². The highest BCUT2D eigenvalue weighted by atomic mass is 16.5. The molecular weight excluding hydrogens is 228 g/mol. The molecular formula is C14H18N2O2. The normalized spacial score (nSPS) is 15.9. The quantitative estimate of drug-likeness (QED) is 0.830. The van der Waals surface area contributed by atoms with E-state index >= 15 is 0 Å². The minimum atomic E-state index is -0.100. The molecule has 0 unspecified atom stereocenters. The van der Waals surface area contributed by atoms with E-state index in [1.165, 1.54) is 11.8 Å². The molecule has 2 rings (SSSR count). The Bertz CT molecular complexity index is 420. The number of benzene rings is 1.